The Bertz CT molecular complexity index is 1110. The van der Waals surface area contributed by atoms with Crippen LogP contribution in [0, 0.1) is 5.92 Å². The van der Waals surface area contributed by atoms with Gasteiger partial charge in [0.2, 0.25) is 11.9 Å². The van der Waals surface area contributed by atoms with E-state index in [1.807, 2.05) is 18.2 Å². The third-order valence-corrected chi connectivity index (χ3v) is 7.92. The summed E-state index contributed by atoms with van der Waals surface area (Å²) in [7, 11) is 0. The molecule has 1 aliphatic carbocycles. The second-order valence-electron chi connectivity index (χ2n) is 10.2. The van der Waals surface area contributed by atoms with Crippen molar-refractivity contribution < 1.29 is 14.3 Å². The maximum atomic E-state index is 13.2. The van der Waals surface area contributed by atoms with E-state index in [4.69, 9.17) is 16.3 Å². The number of rotatable bonds is 7. The Kier molecular flexibility index (Phi) is 7.72. The van der Waals surface area contributed by atoms with Gasteiger partial charge in [-0.05, 0) is 50.2 Å². The number of nitrogens with zero attached hydrogens (tertiary/aromatic N) is 3. The second-order valence-corrected chi connectivity index (χ2v) is 10.6. The van der Waals surface area contributed by atoms with Crippen LogP contribution in [0.2, 0.25) is 5.02 Å². The fourth-order valence-corrected chi connectivity index (χ4v) is 5.72. The molecule has 1 saturated carbocycles. The predicted molar refractivity (Wildman–Crippen MR) is 139 cm³/mol. The lowest BCUT2D eigenvalue weighted by Gasteiger charge is -2.28. The number of carbonyl (C=O) groups excluding carboxylic acids is 2. The number of halogens is 1. The van der Waals surface area contributed by atoms with Crippen LogP contribution in [0.5, 0.6) is 0 Å². The molecule has 0 bridgehead atoms. The SMILES string of the molecule is C[C@@H](NC(=O)CN1Cc2ccc(-c3nc(NC4CCOCC4)ncc3Cl)cc2C1=O)C1CCCCC1. The third kappa shape index (κ3) is 5.65. The minimum Gasteiger partial charge on any atom is -0.381 e. The average molecular weight is 512 g/mol. The zero-order valence-electron chi connectivity index (χ0n) is 20.8. The lowest BCUT2D eigenvalue weighted by molar-refractivity contribution is -0.122. The lowest BCUT2D eigenvalue weighted by atomic mass is 9.84. The fraction of sp³-hybridized carbons (Fsp3) is 0.556. The van der Waals surface area contributed by atoms with Crippen LogP contribution in [0.1, 0.15) is 67.8 Å². The molecule has 1 aromatic carbocycles. The molecule has 2 aromatic rings. The van der Waals surface area contributed by atoms with E-state index in [1.165, 1.54) is 19.3 Å². The first kappa shape index (κ1) is 25.0. The number of carbonyl (C=O) groups is 2. The molecule has 2 N–H and O–H groups in total. The molecular formula is C27H34ClN5O3. The number of amides is 2. The van der Waals surface area contributed by atoms with Crippen molar-refractivity contribution in [3.8, 4) is 11.3 Å². The third-order valence-electron chi connectivity index (χ3n) is 7.64. The van der Waals surface area contributed by atoms with E-state index in [0.717, 1.165) is 50.0 Å². The molecule has 8 nitrogen and oxygen atoms in total. The quantitative estimate of drug-likeness (QED) is 0.571. The molecule has 0 radical (unpaired) electrons. The molecule has 2 fully saturated rings. The topological polar surface area (TPSA) is 96.5 Å². The van der Waals surface area contributed by atoms with Gasteiger partial charge in [0.15, 0.2) is 0 Å². The Labute approximate surface area is 217 Å². The number of nitrogens with one attached hydrogen (secondary N) is 2. The van der Waals surface area contributed by atoms with Crippen molar-refractivity contribution in [1.82, 2.24) is 20.2 Å². The molecule has 3 aliphatic rings. The van der Waals surface area contributed by atoms with Gasteiger partial charge in [0.05, 0.1) is 16.9 Å². The number of aromatic nitrogens is 2. The van der Waals surface area contributed by atoms with Crippen LogP contribution in [0.25, 0.3) is 11.3 Å². The van der Waals surface area contributed by atoms with E-state index in [2.05, 4.69) is 27.5 Å². The van der Waals surface area contributed by atoms with Crippen LogP contribution >= 0.6 is 11.6 Å². The summed E-state index contributed by atoms with van der Waals surface area (Å²) in [5, 5.41) is 6.91. The summed E-state index contributed by atoms with van der Waals surface area (Å²) in [6.07, 6.45) is 9.47. The zero-order chi connectivity index (χ0) is 25.1. The molecule has 1 aromatic heterocycles. The minimum absolute atomic E-state index is 0.0628. The van der Waals surface area contributed by atoms with E-state index in [-0.39, 0.29) is 30.4 Å². The molecule has 1 atom stereocenters. The summed E-state index contributed by atoms with van der Waals surface area (Å²) in [5.41, 5.74) is 2.83. The summed E-state index contributed by atoms with van der Waals surface area (Å²) in [5.74, 6) is 0.800. The summed E-state index contributed by atoms with van der Waals surface area (Å²) in [6, 6.07) is 6.07. The predicted octanol–water partition coefficient (Wildman–Crippen LogP) is 4.43. The Balaban J connectivity index is 1.25. The Morgan fingerprint density at radius 2 is 1.97 bits per heavy atom. The lowest BCUT2D eigenvalue weighted by Crippen LogP contribution is -2.44. The summed E-state index contributed by atoms with van der Waals surface area (Å²) in [4.78, 5) is 36.5. The number of ether oxygens (including phenoxy) is 1. The van der Waals surface area contributed by atoms with Gasteiger partial charge in [0.25, 0.3) is 5.91 Å². The van der Waals surface area contributed by atoms with Crippen molar-refractivity contribution in [2.24, 2.45) is 5.92 Å². The smallest absolute Gasteiger partial charge is 0.254 e. The molecule has 3 heterocycles. The highest BCUT2D eigenvalue weighted by atomic mass is 35.5. The van der Waals surface area contributed by atoms with Crippen molar-refractivity contribution in [1.29, 1.82) is 0 Å². The molecule has 2 amide bonds. The van der Waals surface area contributed by atoms with Crippen molar-refractivity contribution in [3.63, 3.8) is 0 Å². The number of fused-ring (bicyclic) bond motifs is 1. The van der Waals surface area contributed by atoms with Crippen molar-refractivity contribution >= 4 is 29.4 Å². The Hall–Kier alpha value is -2.71. The summed E-state index contributed by atoms with van der Waals surface area (Å²) >= 11 is 6.45. The van der Waals surface area contributed by atoms with Crippen LogP contribution in [-0.4, -0.2) is 58.5 Å². The maximum absolute atomic E-state index is 13.2. The van der Waals surface area contributed by atoms with Crippen LogP contribution in [0.4, 0.5) is 5.95 Å². The summed E-state index contributed by atoms with van der Waals surface area (Å²) in [6.45, 7) is 4.01. The highest BCUT2D eigenvalue weighted by Crippen LogP contribution is 2.32. The van der Waals surface area contributed by atoms with E-state index in [1.54, 1.807) is 11.1 Å². The maximum Gasteiger partial charge on any atom is 0.254 e. The van der Waals surface area contributed by atoms with Crippen LogP contribution in [0.15, 0.2) is 24.4 Å². The summed E-state index contributed by atoms with van der Waals surface area (Å²) < 4.78 is 5.42. The molecule has 36 heavy (non-hydrogen) atoms. The Morgan fingerprint density at radius 1 is 1.19 bits per heavy atom. The van der Waals surface area contributed by atoms with Gasteiger partial charge in [-0.2, -0.15) is 0 Å². The molecule has 9 heteroatoms. The number of benzene rings is 1. The van der Waals surface area contributed by atoms with Crippen molar-refractivity contribution in [2.75, 3.05) is 25.1 Å². The van der Waals surface area contributed by atoms with Gasteiger partial charge in [-0.15, -0.1) is 0 Å². The van der Waals surface area contributed by atoms with E-state index >= 15 is 0 Å². The zero-order valence-corrected chi connectivity index (χ0v) is 21.5. The van der Waals surface area contributed by atoms with Gasteiger partial charge in [-0.3, -0.25) is 9.59 Å². The normalized spacial score (nSPS) is 19.7. The van der Waals surface area contributed by atoms with E-state index in [9.17, 15) is 9.59 Å². The minimum atomic E-state index is -0.141. The Morgan fingerprint density at radius 3 is 2.75 bits per heavy atom. The van der Waals surface area contributed by atoms with Gasteiger partial charge in [-0.1, -0.05) is 43.0 Å². The first-order chi connectivity index (χ1) is 17.5. The monoisotopic (exact) mass is 511 g/mol. The van der Waals surface area contributed by atoms with Crippen molar-refractivity contribution in [2.45, 2.75) is 70.5 Å². The largest absolute Gasteiger partial charge is 0.381 e. The number of hydrogen-bond donors (Lipinski definition) is 2. The van der Waals surface area contributed by atoms with Crippen molar-refractivity contribution in [3.05, 3.63) is 40.5 Å². The van der Waals surface area contributed by atoms with Gasteiger partial charge in [-0.25, -0.2) is 9.97 Å². The van der Waals surface area contributed by atoms with Crippen LogP contribution in [0.3, 0.4) is 0 Å². The van der Waals surface area contributed by atoms with Crippen LogP contribution in [-0.2, 0) is 16.1 Å². The number of anilines is 1. The molecule has 1 saturated heterocycles. The van der Waals surface area contributed by atoms with E-state index in [0.29, 0.717) is 34.7 Å². The van der Waals surface area contributed by atoms with Crippen LogP contribution < -0.4 is 10.6 Å². The second kappa shape index (κ2) is 11.1. The molecule has 0 spiro atoms. The van der Waals surface area contributed by atoms with Gasteiger partial charge in [0, 0.05) is 43.0 Å². The van der Waals surface area contributed by atoms with Gasteiger partial charge >= 0.3 is 0 Å². The highest BCUT2D eigenvalue weighted by molar-refractivity contribution is 6.33. The molecule has 5 rings (SSSR count). The first-order valence-electron chi connectivity index (χ1n) is 13.1. The first-order valence-corrected chi connectivity index (χ1v) is 13.4. The fourth-order valence-electron chi connectivity index (χ4n) is 5.52. The average Bonchev–Trinajstić information content (AvgIpc) is 3.20. The number of hydrogen-bond acceptors (Lipinski definition) is 6. The van der Waals surface area contributed by atoms with Gasteiger partial charge in [0.1, 0.15) is 6.54 Å². The van der Waals surface area contributed by atoms with E-state index < -0.39 is 0 Å². The molecule has 192 valence electrons. The molecule has 2 aliphatic heterocycles. The standard InChI is InChI=1S/C27H34ClN5O3/c1-17(18-5-3-2-4-6-18)30-24(34)16-33-15-20-8-7-19(13-22(20)26(33)35)25-23(28)14-29-27(32-25)31-21-9-11-36-12-10-21/h7-8,13-14,17-18,21H,2-6,9-12,15-16H2,1H3,(H,30,34)(H,29,31,32)/t17-/m1/s1. The molecular weight excluding hydrogens is 478 g/mol. The molecule has 0 unspecified atom stereocenters. The van der Waals surface area contributed by atoms with Gasteiger partial charge < -0.3 is 20.3 Å². The highest BCUT2D eigenvalue weighted by Gasteiger charge is 2.30.